The van der Waals surface area contributed by atoms with Gasteiger partial charge in [0.2, 0.25) is 0 Å². The second-order valence-corrected chi connectivity index (χ2v) is 14.1. The van der Waals surface area contributed by atoms with Crippen LogP contribution < -0.4 is 0 Å². The van der Waals surface area contributed by atoms with Crippen LogP contribution in [0, 0.1) is 5.92 Å². The average Bonchev–Trinajstić information content (AvgIpc) is 3.46. The van der Waals surface area contributed by atoms with Crippen LogP contribution >= 0.6 is 0 Å². The van der Waals surface area contributed by atoms with E-state index in [1.165, 1.54) is 109 Å². The Labute approximate surface area is 274 Å². The Kier molecular flexibility index (Phi) is 5.36. The molecule has 1 saturated carbocycles. The molecule has 7 aromatic rings. The molecule has 0 amide bonds. The van der Waals surface area contributed by atoms with Gasteiger partial charge in [-0.15, -0.1) is 0 Å². The highest BCUT2D eigenvalue weighted by Gasteiger charge is 2.32. The monoisotopic (exact) mass is 602 g/mol. The van der Waals surface area contributed by atoms with Crippen molar-refractivity contribution in [2.24, 2.45) is 5.92 Å². The van der Waals surface area contributed by atoms with Gasteiger partial charge < -0.3 is 4.42 Å². The van der Waals surface area contributed by atoms with Gasteiger partial charge in [-0.05, 0) is 134 Å². The van der Waals surface area contributed by atoms with Crippen molar-refractivity contribution in [3.8, 4) is 22.3 Å². The molecule has 11 rings (SSSR count). The van der Waals surface area contributed by atoms with Gasteiger partial charge in [0.15, 0.2) is 0 Å². The summed E-state index contributed by atoms with van der Waals surface area (Å²) in [5.41, 5.74) is 15.4. The SMILES string of the molecule is C1=C(c2c3ccccc3c(-c3ccc(-c4cccc5oc6c(c45)CC4CCC4=C6)c4ccccc34)c3ccccc23)CCC2=C1CC2. The molecule has 0 radical (unpaired) electrons. The average molecular weight is 603 g/mol. The fourth-order valence-corrected chi connectivity index (χ4v) is 9.32. The number of allylic oxidation sites excluding steroid dienone is 5. The number of benzene rings is 6. The topological polar surface area (TPSA) is 13.1 Å². The van der Waals surface area contributed by atoms with Crippen molar-refractivity contribution in [1.29, 1.82) is 0 Å². The van der Waals surface area contributed by atoms with Crippen molar-refractivity contribution in [1.82, 2.24) is 0 Å². The summed E-state index contributed by atoms with van der Waals surface area (Å²) in [5, 5.41) is 9.28. The predicted molar refractivity (Wildman–Crippen MR) is 197 cm³/mol. The first-order chi connectivity index (χ1) is 23.3. The second kappa shape index (κ2) is 9.69. The van der Waals surface area contributed by atoms with E-state index in [0.29, 0.717) is 5.92 Å². The van der Waals surface area contributed by atoms with Crippen LogP contribution in [0.2, 0.25) is 0 Å². The number of furan rings is 1. The molecule has 1 aromatic heterocycles. The molecule has 1 atom stereocenters. The van der Waals surface area contributed by atoms with Crippen LogP contribution in [0.15, 0.2) is 130 Å². The highest BCUT2D eigenvalue weighted by Crippen LogP contribution is 2.50. The molecule has 1 heteroatoms. The fourth-order valence-electron chi connectivity index (χ4n) is 9.32. The Morgan fingerprint density at radius 2 is 1.17 bits per heavy atom. The number of hydrogen-bond acceptors (Lipinski definition) is 1. The van der Waals surface area contributed by atoms with Crippen molar-refractivity contribution in [2.75, 3.05) is 0 Å². The van der Waals surface area contributed by atoms with Crippen LogP contribution in [0.5, 0.6) is 0 Å². The molecule has 1 fully saturated rings. The van der Waals surface area contributed by atoms with Gasteiger partial charge in [-0.2, -0.15) is 0 Å². The molecule has 1 unspecified atom stereocenters. The Morgan fingerprint density at radius 1 is 0.511 bits per heavy atom. The van der Waals surface area contributed by atoms with Gasteiger partial charge >= 0.3 is 0 Å². The van der Waals surface area contributed by atoms with E-state index in [9.17, 15) is 0 Å². The largest absolute Gasteiger partial charge is 0.456 e. The second-order valence-electron chi connectivity index (χ2n) is 14.1. The van der Waals surface area contributed by atoms with E-state index < -0.39 is 0 Å². The van der Waals surface area contributed by atoms with Gasteiger partial charge in [-0.25, -0.2) is 0 Å². The van der Waals surface area contributed by atoms with Crippen molar-refractivity contribution in [3.05, 3.63) is 143 Å². The Morgan fingerprint density at radius 3 is 1.83 bits per heavy atom. The lowest BCUT2D eigenvalue weighted by Gasteiger charge is -2.32. The maximum absolute atomic E-state index is 6.50. The Bertz CT molecular complexity index is 2540. The molecule has 47 heavy (non-hydrogen) atoms. The molecule has 4 aliphatic carbocycles. The van der Waals surface area contributed by atoms with Crippen molar-refractivity contribution in [2.45, 2.75) is 44.9 Å². The number of rotatable bonds is 3. The molecular formula is C46H34O. The zero-order valence-corrected chi connectivity index (χ0v) is 26.4. The Hall–Kier alpha value is -5.14. The third kappa shape index (κ3) is 3.66. The van der Waals surface area contributed by atoms with Crippen molar-refractivity contribution in [3.63, 3.8) is 0 Å². The molecule has 0 spiro atoms. The number of fused-ring (bicyclic) bond motifs is 7. The zero-order valence-electron chi connectivity index (χ0n) is 26.4. The first-order valence-corrected chi connectivity index (χ1v) is 17.4. The summed E-state index contributed by atoms with van der Waals surface area (Å²) in [4.78, 5) is 0. The molecule has 1 heterocycles. The molecule has 0 N–H and O–H groups in total. The van der Waals surface area contributed by atoms with Crippen molar-refractivity contribution >= 4 is 54.9 Å². The Balaban J connectivity index is 1.18. The summed E-state index contributed by atoms with van der Waals surface area (Å²) in [6, 6.07) is 38.7. The van der Waals surface area contributed by atoms with Crippen LogP contribution in [0.1, 0.15) is 55.4 Å². The first-order valence-electron chi connectivity index (χ1n) is 17.4. The smallest absolute Gasteiger partial charge is 0.135 e. The summed E-state index contributed by atoms with van der Waals surface area (Å²) in [6.45, 7) is 0. The van der Waals surface area contributed by atoms with Crippen LogP contribution in [-0.4, -0.2) is 0 Å². The van der Waals surface area contributed by atoms with Crippen LogP contribution in [0.4, 0.5) is 0 Å². The standard InChI is InChI=1S/C46H34O/c1-2-9-33-32(8-1)34(35-14-7-15-42-46(35)41-25-29-19-20-30(29)26-43(41)47-42)22-23-40(33)45-38-12-5-3-10-36(38)44(37-11-4-6-13-39(37)45)31-21-17-27-16-18-28(27)24-31/h1-15,22-24,26,29H,16-21,25H2. The molecule has 0 bridgehead atoms. The minimum absolute atomic E-state index is 0.692. The van der Waals surface area contributed by atoms with Gasteiger partial charge in [0.25, 0.3) is 0 Å². The van der Waals surface area contributed by atoms with Crippen LogP contribution in [0.3, 0.4) is 0 Å². The molecule has 4 aliphatic rings. The minimum atomic E-state index is 0.692. The van der Waals surface area contributed by atoms with Gasteiger partial charge in [0, 0.05) is 10.9 Å². The van der Waals surface area contributed by atoms with E-state index in [0.717, 1.165) is 24.2 Å². The third-order valence-electron chi connectivity index (χ3n) is 11.8. The van der Waals surface area contributed by atoms with Gasteiger partial charge in [0.1, 0.15) is 11.3 Å². The molecular weight excluding hydrogens is 569 g/mol. The third-order valence-corrected chi connectivity index (χ3v) is 11.8. The van der Waals surface area contributed by atoms with E-state index in [4.69, 9.17) is 4.42 Å². The van der Waals surface area contributed by atoms with E-state index in [1.54, 1.807) is 16.7 Å². The van der Waals surface area contributed by atoms with Crippen LogP contribution in [-0.2, 0) is 6.42 Å². The van der Waals surface area contributed by atoms with Crippen LogP contribution in [0.25, 0.3) is 77.2 Å². The lowest BCUT2D eigenvalue weighted by atomic mass is 9.72. The molecule has 6 aromatic carbocycles. The molecule has 0 aliphatic heterocycles. The zero-order chi connectivity index (χ0) is 30.6. The highest BCUT2D eigenvalue weighted by molar-refractivity contribution is 6.22. The predicted octanol–water partition coefficient (Wildman–Crippen LogP) is 12.8. The molecule has 1 nitrogen and oxygen atoms in total. The summed E-state index contributed by atoms with van der Waals surface area (Å²) in [7, 11) is 0. The lowest BCUT2D eigenvalue weighted by molar-refractivity contribution is 0.432. The fraction of sp³-hybridized carbons (Fsp3) is 0.174. The summed E-state index contributed by atoms with van der Waals surface area (Å²) in [5.74, 6) is 1.77. The van der Waals surface area contributed by atoms with Gasteiger partial charge in [0.05, 0.1) is 0 Å². The minimum Gasteiger partial charge on any atom is -0.456 e. The highest BCUT2D eigenvalue weighted by atomic mass is 16.3. The summed E-state index contributed by atoms with van der Waals surface area (Å²) < 4.78 is 6.50. The maximum Gasteiger partial charge on any atom is 0.135 e. The first kappa shape index (κ1) is 26.0. The van der Waals surface area contributed by atoms with E-state index in [-0.39, 0.29) is 0 Å². The maximum atomic E-state index is 6.50. The van der Waals surface area contributed by atoms with Crippen molar-refractivity contribution < 1.29 is 4.42 Å². The van der Waals surface area contributed by atoms with Gasteiger partial charge in [-0.3, -0.25) is 0 Å². The lowest BCUT2D eigenvalue weighted by Crippen LogP contribution is -2.21. The number of hydrogen-bond donors (Lipinski definition) is 0. The summed E-state index contributed by atoms with van der Waals surface area (Å²) >= 11 is 0. The quantitative estimate of drug-likeness (QED) is 0.183. The van der Waals surface area contributed by atoms with E-state index >= 15 is 0 Å². The van der Waals surface area contributed by atoms with Gasteiger partial charge in [-0.1, -0.05) is 114 Å². The summed E-state index contributed by atoms with van der Waals surface area (Å²) in [6.07, 6.45) is 13.3. The molecule has 0 saturated heterocycles. The van der Waals surface area contributed by atoms with E-state index in [1.807, 2.05) is 0 Å². The van der Waals surface area contributed by atoms with E-state index in [2.05, 4.69) is 115 Å². The normalized spacial score (nSPS) is 18.4. The molecule has 224 valence electrons.